The zero-order chi connectivity index (χ0) is 20.6. The summed E-state index contributed by atoms with van der Waals surface area (Å²) in [7, 11) is 2.05. The molecule has 1 atom stereocenters. The van der Waals surface area contributed by atoms with Gasteiger partial charge in [-0.25, -0.2) is 0 Å². The van der Waals surface area contributed by atoms with E-state index in [9.17, 15) is 9.90 Å². The molecule has 0 aliphatic carbocycles. The van der Waals surface area contributed by atoms with Crippen LogP contribution in [0.4, 0.5) is 0 Å². The average Bonchev–Trinajstić information content (AvgIpc) is 3.08. The van der Waals surface area contributed by atoms with Crippen molar-refractivity contribution in [2.75, 3.05) is 20.1 Å². The summed E-state index contributed by atoms with van der Waals surface area (Å²) in [5.41, 5.74) is 2.73. The first-order chi connectivity index (χ1) is 14.1. The van der Waals surface area contributed by atoms with Crippen LogP contribution in [0.1, 0.15) is 35.7 Å². The Balaban J connectivity index is 1.76. The highest BCUT2D eigenvalue weighted by Gasteiger charge is 2.12. The molecule has 3 rings (SSSR count). The molecular weight excluding hydrogens is 360 g/mol. The maximum Gasteiger partial charge on any atom is 0.185 e. The molecule has 0 saturated carbocycles. The summed E-state index contributed by atoms with van der Waals surface area (Å²) in [5, 5.41) is 11.7. The van der Waals surface area contributed by atoms with Gasteiger partial charge in [0.1, 0.15) is 0 Å². The Labute approximate surface area is 173 Å². The number of carbonyl (C=O) groups excluding carboxylic acids is 1. The van der Waals surface area contributed by atoms with E-state index in [0.29, 0.717) is 18.7 Å². The average molecular weight is 391 g/mol. The van der Waals surface area contributed by atoms with Crippen molar-refractivity contribution >= 4 is 22.8 Å². The lowest BCUT2D eigenvalue weighted by Crippen LogP contribution is -2.32. The van der Waals surface area contributed by atoms with Crippen molar-refractivity contribution in [1.82, 2.24) is 9.47 Å². The monoisotopic (exact) mass is 390 g/mol. The fourth-order valence-corrected chi connectivity index (χ4v) is 3.59. The molecule has 0 aliphatic heterocycles. The van der Waals surface area contributed by atoms with Gasteiger partial charge in [0.15, 0.2) is 5.78 Å². The van der Waals surface area contributed by atoms with Gasteiger partial charge < -0.3 is 14.6 Å². The van der Waals surface area contributed by atoms with Crippen LogP contribution in [0.15, 0.2) is 66.9 Å². The number of para-hydroxylation sites is 1. The molecule has 1 N–H and O–H groups in total. The maximum absolute atomic E-state index is 12.4. The molecule has 29 heavy (non-hydrogen) atoms. The lowest BCUT2D eigenvalue weighted by molar-refractivity contribution is 0.104. The molecule has 1 aromatic heterocycles. The van der Waals surface area contributed by atoms with Crippen LogP contribution in [-0.2, 0) is 6.54 Å². The van der Waals surface area contributed by atoms with Gasteiger partial charge >= 0.3 is 0 Å². The van der Waals surface area contributed by atoms with Crippen molar-refractivity contribution in [1.29, 1.82) is 0 Å². The first kappa shape index (κ1) is 21.0. The largest absolute Gasteiger partial charge is 0.390 e. The van der Waals surface area contributed by atoms with Crippen LogP contribution in [0.25, 0.3) is 17.0 Å². The molecule has 3 aromatic rings. The van der Waals surface area contributed by atoms with Crippen LogP contribution in [0, 0.1) is 0 Å². The Morgan fingerprint density at radius 3 is 2.62 bits per heavy atom. The molecule has 4 heteroatoms. The van der Waals surface area contributed by atoms with Crippen LogP contribution < -0.4 is 0 Å². The Bertz CT molecular complexity index is 959. The predicted octanol–water partition coefficient (Wildman–Crippen LogP) is 4.63. The van der Waals surface area contributed by atoms with Gasteiger partial charge in [-0.05, 0) is 38.2 Å². The summed E-state index contributed by atoms with van der Waals surface area (Å²) in [6.07, 6.45) is 7.36. The highest BCUT2D eigenvalue weighted by Crippen LogP contribution is 2.23. The molecule has 1 heterocycles. The molecule has 0 amide bonds. The van der Waals surface area contributed by atoms with Crippen LogP contribution in [0.2, 0.25) is 0 Å². The number of aliphatic hydroxyl groups is 1. The van der Waals surface area contributed by atoms with Crippen LogP contribution in [0.5, 0.6) is 0 Å². The van der Waals surface area contributed by atoms with E-state index in [1.54, 1.807) is 6.08 Å². The second-order valence-corrected chi connectivity index (χ2v) is 7.59. The topological polar surface area (TPSA) is 45.5 Å². The number of benzene rings is 2. The van der Waals surface area contributed by atoms with E-state index in [0.717, 1.165) is 35.9 Å². The second kappa shape index (κ2) is 10.2. The van der Waals surface area contributed by atoms with Crippen molar-refractivity contribution in [2.45, 2.75) is 32.4 Å². The number of carbonyl (C=O) groups is 1. The number of aromatic nitrogens is 1. The van der Waals surface area contributed by atoms with Crippen LogP contribution in [-0.4, -0.2) is 46.6 Å². The van der Waals surface area contributed by atoms with Crippen molar-refractivity contribution in [3.63, 3.8) is 0 Å². The van der Waals surface area contributed by atoms with Gasteiger partial charge in [0.25, 0.3) is 0 Å². The summed E-state index contributed by atoms with van der Waals surface area (Å²) in [5.74, 6) is -0.0139. The van der Waals surface area contributed by atoms with Crippen molar-refractivity contribution < 1.29 is 9.90 Å². The number of hydrogen-bond acceptors (Lipinski definition) is 3. The summed E-state index contributed by atoms with van der Waals surface area (Å²) >= 11 is 0. The molecule has 0 aliphatic rings. The van der Waals surface area contributed by atoms with Gasteiger partial charge in [-0.1, -0.05) is 61.9 Å². The number of allylic oxidation sites excluding steroid dienone is 1. The summed E-state index contributed by atoms with van der Waals surface area (Å²) in [6, 6.07) is 17.4. The SMILES string of the molecule is CCCCN(C)C[C@H](O)Cn1cc(/C=C/C(=O)c2ccccc2)c2ccccc21. The Hall–Kier alpha value is -2.69. The van der Waals surface area contributed by atoms with E-state index in [2.05, 4.69) is 35.6 Å². The summed E-state index contributed by atoms with van der Waals surface area (Å²) < 4.78 is 2.08. The number of nitrogens with zero attached hydrogens (tertiary/aromatic N) is 2. The Morgan fingerprint density at radius 1 is 1.14 bits per heavy atom. The van der Waals surface area contributed by atoms with Gasteiger partial charge in [-0.15, -0.1) is 0 Å². The van der Waals surface area contributed by atoms with Crippen LogP contribution >= 0.6 is 0 Å². The third kappa shape index (κ3) is 5.66. The van der Waals surface area contributed by atoms with E-state index in [1.807, 2.05) is 54.7 Å². The number of hydrogen-bond donors (Lipinski definition) is 1. The highest BCUT2D eigenvalue weighted by molar-refractivity contribution is 6.07. The molecular formula is C25H30N2O2. The lowest BCUT2D eigenvalue weighted by atomic mass is 10.1. The van der Waals surface area contributed by atoms with E-state index >= 15 is 0 Å². The van der Waals surface area contributed by atoms with E-state index in [1.165, 1.54) is 0 Å². The number of rotatable bonds is 10. The number of unbranched alkanes of at least 4 members (excludes halogenated alkanes) is 1. The molecule has 0 bridgehead atoms. The first-order valence-electron chi connectivity index (χ1n) is 10.3. The smallest absolute Gasteiger partial charge is 0.185 e. The van der Waals surface area contributed by atoms with Gasteiger partial charge in [0.05, 0.1) is 6.10 Å². The van der Waals surface area contributed by atoms with Crippen LogP contribution in [0.3, 0.4) is 0 Å². The van der Waals surface area contributed by atoms with E-state index in [4.69, 9.17) is 0 Å². The first-order valence-corrected chi connectivity index (χ1v) is 10.3. The number of fused-ring (bicyclic) bond motifs is 1. The minimum Gasteiger partial charge on any atom is -0.390 e. The zero-order valence-corrected chi connectivity index (χ0v) is 17.3. The van der Waals surface area contributed by atoms with Gasteiger partial charge in [-0.3, -0.25) is 4.79 Å². The highest BCUT2D eigenvalue weighted by atomic mass is 16.3. The van der Waals surface area contributed by atoms with E-state index in [-0.39, 0.29) is 5.78 Å². The molecule has 152 valence electrons. The Morgan fingerprint density at radius 2 is 1.86 bits per heavy atom. The molecule has 2 aromatic carbocycles. The fraction of sp³-hybridized carbons (Fsp3) is 0.320. The lowest BCUT2D eigenvalue weighted by Gasteiger charge is -2.21. The van der Waals surface area contributed by atoms with Gasteiger partial charge in [0.2, 0.25) is 0 Å². The van der Waals surface area contributed by atoms with Gasteiger partial charge in [-0.2, -0.15) is 0 Å². The predicted molar refractivity (Wildman–Crippen MR) is 120 cm³/mol. The maximum atomic E-state index is 12.4. The molecule has 0 radical (unpaired) electrons. The van der Waals surface area contributed by atoms with Crippen molar-refractivity contribution in [2.24, 2.45) is 0 Å². The molecule has 0 spiro atoms. The molecule has 0 saturated heterocycles. The molecule has 4 nitrogen and oxygen atoms in total. The molecule has 0 fully saturated rings. The number of ketones is 1. The summed E-state index contributed by atoms with van der Waals surface area (Å²) in [4.78, 5) is 14.6. The minimum atomic E-state index is -0.449. The Kier molecular flexibility index (Phi) is 7.39. The normalized spacial score (nSPS) is 12.8. The minimum absolute atomic E-state index is 0.0139. The molecule has 0 unspecified atom stereocenters. The number of aliphatic hydroxyl groups excluding tert-OH is 1. The summed E-state index contributed by atoms with van der Waals surface area (Å²) in [6.45, 7) is 4.34. The standard InChI is InChI=1S/C25H30N2O2/c1-3-4-16-26(2)18-22(28)19-27-17-21(23-12-8-9-13-24(23)27)14-15-25(29)20-10-6-5-7-11-20/h5-15,17,22,28H,3-4,16,18-19H2,1-2H3/b15-14+/t22-/m0/s1. The second-order valence-electron chi connectivity index (χ2n) is 7.59. The third-order valence-corrected chi connectivity index (χ3v) is 5.12. The number of likely N-dealkylation sites (N-methyl/N-ethyl adjacent to an activating group) is 1. The zero-order valence-electron chi connectivity index (χ0n) is 17.3. The van der Waals surface area contributed by atoms with Gasteiger partial charge in [0, 0.05) is 41.3 Å². The third-order valence-electron chi connectivity index (χ3n) is 5.12. The van der Waals surface area contributed by atoms with Crippen molar-refractivity contribution in [3.8, 4) is 0 Å². The van der Waals surface area contributed by atoms with Crippen molar-refractivity contribution in [3.05, 3.63) is 78.0 Å². The quantitative estimate of drug-likeness (QED) is 0.405. The van der Waals surface area contributed by atoms with E-state index < -0.39 is 6.10 Å². The fourth-order valence-electron chi connectivity index (χ4n) is 3.59.